The fourth-order valence-corrected chi connectivity index (χ4v) is 3.51. The zero-order valence-electron chi connectivity index (χ0n) is 10.5. The molecule has 3 heterocycles. The summed E-state index contributed by atoms with van der Waals surface area (Å²) in [5.74, 6) is -0.476. The number of aromatic nitrogens is 4. The Balaban J connectivity index is 2.00. The molecule has 9 heteroatoms. The first-order chi connectivity index (χ1) is 9.57. The summed E-state index contributed by atoms with van der Waals surface area (Å²) in [7, 11) is 0. The molecule has 1 saturated heterocycles. The highest BCUT2D eigenvalue weighted by molar-refractivity contribution is 8.01. The highest BCUT2D eigenvalue weighted by Gasteiger charge is 2.47. The van der Waals surface area contributed by atoms with Crippen LogP contribution >= 0.6 is 23.4 Å². The summed E-state index contributed by atoms with van der Waals surface area (Å²) in [5, 5.41) is 9.59. The summed E-state index contributed by atoms with van der Waals surface area (Å²) in [6, 6.07) is 0. The molecule has 7 nitrogen and oxygen atoms in total. The van der Waals surface area contributed by atoms with Gasteiger partial charge in [0.2, 0.25) is 4.93 Å². The molecular weight excluding hydrogens is 304 g/mol. The Morgan fingerprint density at radius 2 is 2.45 bits per heavy atom. The van der Waals surface area contributed by atoms with Gasteiger partial charge in [-0.25, -0.2) is 19.7 Å². The number of aliphatic carboxylic acids is 1. The van der Waals surface area contributed by atoms with Crippen LogP contribution in [0.3, 0.4) is 0 Å². The first-order valence-electron chi connectivity index (χ1n) is 5.95. The Hall–Kier alpha value is -1.38. The van der Waals surface area contributed by atoms with Crippen molar-refractivity contribution in [3.05, 3.63) is 17.8 Å². The lowest BCUT2D eigenvalue weighted by atomic mass is 10.3. The molecule has 0 bridgehead atoms. The molecule has 106 valence electrons. The lowest BCUT2D eigenvalue weighted by molar-refractivity contribution is -0.159. The first-order valence-corrected chi connectivity index (χ1v) is 7.32. The largest absolute Gasteiger partial charge is 0.478 e. The van der Waals surface area contributed by atoms with Crippen LogP contribution in [0.15, 0.2) is 12.7 Å². The predicted molar refractivity (Wildman–Crippen MR) is 73.6 cm³/mol. The first kappa shape index (κ1) is 13.6. The van der Waals surface area contributed by atoms with Crippen LogP contribution in [-0.2, 0) is 9.53 Å². The van der Waals surface area contributed by atoms with Crippen LogP contribution in [0.5, 0.6) is 0 Å². The van der Waals surface area contributed by atoms with Gasteiger partial charge in [-0.05, 0) is 6.42 Å². The molecule has 1 aliphatic heterocycles. The van der Waals surface area contributed by atoms with E-state index in [1.54, 1.807) is 17.8 Å². The number of carboxylic acid groups (broad SMARTS) is 1. The van der Waals surface area contributed by atoms with Crippen LogP contribution in [0.1, 0.15) is 19.6 Å². The molecule has 0 amide bonds. The Morgan fingerprint density at radius 1 is 1.65 bits per heavy atom. The second-order valence-corrected chi connectivity index (χ2v) is 5.92. The lowest BCUT2D eigenvalue weighted by Gasteiger charge is -2.22. The molecule has 3 rings (SSSR count). The third kappa shape index (κ3) is 1.95. The normalized spacial score (nSPS) is 26.2. The average Bonchev–Trinajstić information content (AvgIpc) is 3.03. The second-order valence-electron chi connectivity index (χ2n) is 4.28. The molecule has 2 atom stereocenters. The van der Waals surface area contributed by atoms with Crippen LogP contribution in [0, 0.1) is 0 Å². The monoisotopic (exact) mass is 314 g/mol. The van der Waals surface area contributed by atoms with Crippen LogP contribution in [0.25, 0.3) is 11.2 Å². The zero-order chi connectivity index (χ0) is 14.3. The lowest BCUT2D eigenvalue weighted by Crippen LogP contribution is -2.34. The maximum absolute atomic E-state index is 11.4. The van der Waals surface area contributed by atoms with E-state index in [2.05, 4.69) is 15.0 Å². The number of halogens is 1. The van der Waals surface area contributed by atoms with Crippen molar-refractivity contribution in [3.63, 3.8) is 0 Å². The van der Waals surface area contributed by atoms with E-state index in [1.165, 1.54) is 18.1 Å². The number of hydrogen-bond donors (Lipinski definition) is 1. The molecule has 0 aromatic carbocycles. The van der Waals surface area contributed by atoms with Crippen LogP contribution in [0.4, 0.5) is 0 Å². The van der Waals surface area contributed by atoms with Gasteiger partial charge in [0.25, 0.3) is 0 Å². The number of hydrogen-bond acceptors (Lipinski definition) is 6. The van der Waals surface area contributed by atoms with Gasteiger partial charge in [0, 0.05) is 5.75 Å². The minimum Gasteiger partial charge on any atom is -0.478 e. The number of fused-ring (bicyclic) bond motifs is 1. The van der Waals surface area contributed by atoms with E-state index in [1.807, 2.05) is 0 Å². The molecule has 20 heavy (non-hydrogen) atoms. The molecule has 2 aromatic rings. The number of carbonyl (C=O) groups is 1. The molecule has 1 N–H and O–H groups in total. The van der Waals surface area contributed by atoms with E-state index in [4.69, 9.17) is 16.3 Å². The molecular formula is C11H11ClN4O3S. The highest BCUT2D eigenvalue weighted by Crippen LogP contribution is 2.44. The van der Waals surface area contributed by atoms with E-state index in [0.29, 0.717) is 23.3 Å². The summed E-state index contributed by atoms with van der Waals surface area (Å²) in [4.78, 5) is 22.2. The standard InChI is InChI=1S/C11H11ClN4O3S/c1-2-11(10(17)18)19-6(3-20-11)16-5-15-9-7(16)8(12)13-4-14-9/h4-6H,2-3H2,1H3,(H,17,18)/t6-,11+/m1/s1. The molecule has 1 aliphatic rings. The van der Waals surface area contributed by atoms with Gasteiger partial charge in [0.1, 0.15) is 18.1 Å². The van der Waals surface area contributed by atoms with Crippen LogP contribution in [0.2, 0.25) is 5.15 Å². The minimum absolute atomic E-state index is 0.269. The van der Waals surface area contributed by atoms with E-state index >= 15 is 0 Å². The van der Waals surface area contributed by atoms with Crippen molar-refractivity contribution in [2.75, 3.05) is 5.75 Å². The number of imidazole rings is 1. The SMILES string of the molecule is CC[C@]1(C(=O)O)O[C@@H](n2cnc3ncnc(Cl)c32)CS1. The van der Waals surface area contributed by atoms with E-state index in [9.17, 15) is 9.90 Å². The molecule has 2 aromatic heterocycles. The smallest absolute Gasteiger partial charge is 0.346 e. The molecule has 0 unspecified atom stereocenters. The number of thioether (sulfide) groups is 1. The Labute approximate surface area is 123 Å². The number of ether oxygens (including phenoxy) is 1. The zero-order valence-corrected chi connectivity index (χ0v) is 12.1. The summed E-state index contributed by atoms with van der Waals surface area (Å²) in [6.07, 6.45) is 2.80. The van der Waals surface area contributed by atoms with E-state index in [-0.39, 0.29) is 5.15 Å². The Bertz CT molecular complexity index is 679. The second kappa shape index (κ2) is 4.87. The quantitative estimate of drug-likeness (QED) is 0.866. The minimum atomic E-state index is -1.22. The summed E-state index contributed by atoms with van der Waals surface area (Å²) < 4.78 is 7.42. The maximum atomic E-state index is 11.4. The van der Waals surface area contributed by atoms with Crippen molar-refractivity contribution in [3.8, 4) is 0 Å². The van der Waals surface area contributed by atoms with Gasteiger partial charge < -0.3 is 9.84 Å². The maximum Gasteiger partial charge on any atom is 0.346 e. The van der Waals surface area contributed by atoms with Crippen molar-refractivity contribution in [2.24, 2.45) is 0 Å². The van der Waals surface area contributed by atoms with Gasteiger partial charge in [0.05, 0.1) is 6.33 Å². The molecule has 1 fully saturated rings. The van der Waals surface area contributed by atoms with Crippen molar-refractivity contribution in [1.82, 2.24) is 19.5 Å². The Kier molecular flexibility index (Phi) is 3.31. The summed E-state index contributed by atoms with van der Waals surface area (Å²) in [5.41, 5.74) is 1.01. The summed E-state index contributed by atoms with van der Waals surface area (Å²) >= 11 is 7.32. The number of nitrogens with zero attached hydrogens (tertiary/aromatic N) is 4. The van der Waals surface area contributed by atoms with Crippen molar-refractivity contribution in [1.29, 1.82) is 0 Å². The average molecular weight is 315 g/mol. The van der Waals surface area contributed by atoms with E-state index in [0.717, 1.165) is 0 Å². The predicted octanol–water partition coefficient (Wildman–Crippen LogP) is 1.93. The number of rotatable bonds is 3. The van der Waals surface area contributed by atoms with Gasteiger partial charge >= 0.3 is 5.97 Å². The molecule has 0 spiro atoms. The van der Waals surface area contributed by atoms with Gasteiger partial charge in [-0.1, -0.05) is 18.5 Å². The van der Waals surface area contributed by atoms with Gasteiger partial charge in [0.15, 0.2) is 10.8 Å². The number of carboxylic acids is 1. The van der Waals surface area contributed by atoms with Gasteiger partial charge in [-0.2, -0.15) is 0 Å². The van der Waals surface area contributed by atoms with Crippen molar-refractivity contribution in [2.45, 2.75) is 24.5 Å². The van der Waals surface area contributed by atoms with Gasteiger partial charge in [-0.3, -0.25) is 4.57 Å². The Morgan fingerprint density at radius 3 is 3.10 bits per heavy atom. The molecule has 0 radical (unpaired) electrons. The topological polar surface area (TPSA) is 90.1 Å². The van der Waals surface area contributed by atoms with Crippen LogP contribution in [-0.4, -0.2) is 41.3 Å². The molecule has 0 aliphatic carbocycles. The highest BCUT2D eigenvalue weighted by atomic mass is 35.5. The third-order valence-electron chi connectivity index (χ3n) is 3.21. The van der Waals surface area contributed by atoms with Gasteiger partial charge in [-0.15, -0.1) is 11.8 Å². The van der Waals surface area contributed by atoms with Crippen molar-refractivity contribution < 1.29 is 14.6 Å². The fraction of sp³-hybridized carbons (Fsp3) is 0.455. The van der Waals surface area contributed by atoms with E-state index < -0.39 is 17.1 Å². The van der Waals surface area contributed by atoms with Crippen molar-refractivity contribution >= 4 is 40.5 Å². The van der Waals surface area contributed by atoms with Crippen LogP contribution < -0.4 is 0 Å². The molecule has 0 saturated carbocycles. The third-order valence-corrected chi connectivity index (χ3v) is 4.96. The summed E-state index contributed by atoms with van der Waals surface area (Å²) in [6.45, 7) is 1.78. The fourth-order valence-electron chi connectivity index (χ4n) is 2.14.